The summed E-state index contributed by atoms with van der Waals surface area (Å²) < 4.78 is 29.2. The van der Waals surface area contributed by atoms with Crippen LogP contribution in [0, 0.1) is 5.82 Å². The van der Waals surface area contributed by atoms with Crippen molar-refractivity contribution in [1.29, 1.82) is 0 Å². The molecule has 0 spiro atoms. The first-order valence-corrected chi connectivity index (χ1v) is 7.25. The number of hydrogen-bond donors (Lipinski definition) is 2. The van der Waals surface area contributed by atoms with Gasteiger partial charge >= 0.3 is 0 Å². The summed E-state index contributed by atoms with van der Waals surface area (Å²) in [6.45, 7) is 0.379. The first-order valence-electron chi connectivity index (χ1n) is 7.25. The van der Waals surface area contributed by atoms with Gasteiger partial charge in [0, 0.05) is 35.8 Å². The van der Waals surface area contributed by atoms with Crippen LogP contribution < -0.4 is 10.1 Å². The number of ether oxygens (including phenoxy) is 2. The fourth-order valence-corrected chi connectivity index (χ4v) is 2.24. The molecule has 1 aromatic carbocycles. The number of fused-ring (bicyclic) bond motifs is 1. The maximum Gasteiger partial charge on any atom is 0.246 e. The van der Waals surface area contributed by atoms with Gasteiger partial charge in [-0.3, -0.25) is 4.79 Å². The third-order valence-electron chi connectivity index (χ3n) is 3.34. The molecule has 0 saturated heterocycles. The molecule has 2 N–H and O–H groups in total. The normalized spacial score (nSPS) is 10.9. The number of rotatable bonds is 7. The van der Waals surface area contributed by atoms with Crippen molar-refractivity contribution < 1.29 is 23.2 Å². The number of nitrogens with zero attached hydrogens (tertiary/aromatic N) is 1. The zero-order valence-electron chi connectivity index (χ0n) is 13.0. The number of hydrogen-bond acceptors (Lipinski definition) is 5. The molecule has 126 valence electrons. The van der Waals surface area contributed by atoms with Gasteiger partial charge in [0.25, 0.3) is 0 Å². The molecule has 8 heteroatoms. The molecule has 7 nitrogen and oxygen atoms in total. The van der Waals surface area contributed by atoms with Crippen molar-refractivity contribution >= 4 is 16.8 Å². The Balaban J connectivity index is 1.71. The molecule has 0 radical (unpaired) electrons. The Kier molecular flexibility index (Phi) is 4.76. The van der Waals surface area contributed by atoms with Gasteiger partial charge in [-0.1, -0.05) is 5.16 Å². The lowest BCUT2D eigenvalue weighted by Gasteiger charge is -2.05. The molecule has 3 rings (SSSR count). The van der Waals surface area contributed by atoms with E-state index in [2.05, 4.69) is 15.5 Å². The number of amides is 1. The van der Waals surface area contributed by atoms with E-state index in [0.717, 1.165) is 5.69 Å². The van der Waals surface area contributed by atoms with Crippen LogP contribution in [0.1, 0.15) is 11.5 Å². The first kappa shape index (κ1) is 16.0. The predicted octanol–water partition coefficient (Wildman–Crippen LogP) is 2.14. The second-order valence-electron chi connectivity index (χ2n) is 5.14. The summed E-state index contributed by atoms with van der Waals surface area (Å²) in [4.78, 5) is 14.5. The molecule has 0 aliphatic rings. The maximum absolute atomic E-state index is 14.1. The molecule has 2 heterocycles. The van der Waals surface area contributed by atoms with Crippen LogP contribution in [0.5, 0.6) is 5.75 Å². The van der Waals surface area contributed by atoms with Crippen molar-refractivity contribution in [2.75, 3.05) is 13.7 Å². The van der Waals surface area contributed by atoms with Gasteiger partial charge in [0.2, 0.25) is 5.91 Å². The fourth-order valence-electron chi connectivity index (χ4n) is 2.24. The number of halogens is 1. The van der Waals surface area contributed by atoms with E-state index < -0.39 is 5.82 Å². The number of aromatic amines is 1. The van der Waals surface area contributed by atoms with Crippen LogP contribution in [-0.4, -0.2) is 29.8 Å². The van der Waals surface area contributed by atoms with Gasteiger partial charge in [-0.15, -0.1) is 0 Å². The minimum Gasteiger partial charge on any atom is -0.482 e. The Morgan fingerprint density at radius 2 is 2.29 bits per heavy atom. The average Bonchev–Trinajstić information content (AvgIpc) is 3.20. The molecule has 1 amide bonds. The zero-order chi connectivity index (χ0) is 16.9. The summed E-state index contributed by atoms with van der Waals surface area (Å²) in [7, 11) is 1.45. The average molecular weight is 333 g/mol. The second-order valence-corrected chi connectivity index (χ2v) is 5.14. The summed E-state index contributed by atoms with van der Waals surface area (Å²) in [5, 5.41) is 6.94. The van der Waals surface area contributed by atoms with Crippen LogP contribution in [0.4, 0.5) is 4.39 Å². The van der Waals surface area contributed by atoms with Gasteiger partial charge in [-0.2, -0.15) is 0 Å². The number of H-pyrrole nitrogens is 1. The van der Waals surface area contributed by atoms with Gasteiger partial charge < -0.3 is 24.3 Å². The Labute approximate surface area is 136 Å². The van der Waals surface area contributed by atoms with Crippen LogP contribution in [0.2, 0.25) is 0 Å². The standard InChI is InChI=1S/C16H16FN3O4/c1-22-9-16(21)18-7-11-4-10-5-13(17)15(6-14(10)20-11)23-8-12-2-3-19-24-12/h2-6,20H,7-9H2,1H3,(H,18,21). The number of carbonyl (C=O) groups is 1. The van der Waals surface area contributed by atoms with Gasteiger partial charge in [0.1, 0.15) is 13.2 Å². The van der Waals surface area contributed by atoms with E-state index in [0.29, 0.717) is 23.2 Å². The number of carbonyl (C=O) groups excluding carboxylic acids is 1. The van der Waals surface area contributed by atoms with Crippen molar-refractivity contribution in [2.45, 2.75) is 13.2 Å². The Morgan fingerprint density at radius 3 is 3.04 bits per heavy atom. The van der Waals surface area contributed by atoms with Gasteiger partial charge in [0.15, 0.2) is 17.3 Å². The van der Waals surface area contributed by atoms with E-state index in [1.165, 1.54) is 19.4 Å². The summed E-state index contributed by atoms with van der Waals surface area (Å²) in [6.07, 6.45) is 1.49. The lowest BCUT2D eigenvalue weighted by atomic mass is 10.2. The molecule has 3 aromatic rings. The van der Waals surface area contributed by atoms with Crippen molar-refractivity contribution in [2.24, 2.45) is 0 Å². The highest BCUT2D eigenvalue weighted by molar-refractivity contribution is 5.82. The smallest absolute Gasteiger partial charge is 0.246 e. The lowest BCUT2D eigenvalue weighted by molar-refractivity contribution is -0.124. The topological polar surface area (TPSA) is 89.4 Å². The van der Waals surface area contributed by atoms with E-state index in [-0.39, 0.29) is 24.9 Å². The number of aromatic nitrogens is 2. The van der Waals surface area contributed by atoms with Crippen LogP contribution >= 0.6 is 0 Å². The molecule has 0 saturated carbocycles. The highest BCUT2D eigenvalue weighted by Gasteiger charge is 2.10. The van der Waals surface area contributed by atoms with Gasteiger partial charge in [-0.25, -0.2) is 4.39 Å². The zero-order valence-corrected chi connectivity index (χ0v) is 13.0. The quantitative estimate of drug-likeness (QED) is 0.691. The summed E-state index contributed by atoms with van der Waals surface area (Å²) in [5.74, 6) is -0.0901. The monoisotopic (exact) mass is 333 g/mol. The molecule has 24 heavy (non-hydrogen) atoms. The van der Waals surface area contributed by atoms with Crippen LogP contribution in [-0.2, 0) is 22.7 Å². The maximum atomic E-state index is 14.1. The third kappa shape index (κ3) is 3.72. The van der Waals surface area contributed by atoms with E-state index in [9.17, 15) is 9.18 Å². The highest BCUT2D eigenvalue weighted by Crippen LogP contribution is 2.26. The van der Waals surface area contributed by atoms with E-state index in [1.54, 1.807) is 18.2 Å². The van der Waals surface area contributed by atoms with Gasteiger partial charge in [-0.05, 0) is 12.1 Å². The largest absolute Gasteiger partial charge is 0.482 e. The fraction of sp³-hybridized carbons (Fsp3) is 0.250. The molecule has 0 fully saturated rings. The molecular weight excluding hydrogens is 317 g/mol. The summed E-state index contributed by atoms with van der Waals surface area (Å²) in [5.41, 5.74) is 1.46. The Hall–Kier alpha value is -2.87. The number of benzene rings is 1. The first-order chi connectivity index (χ1) is 11.7. The molecular formula is C16H16FN3O4. The minimum atomic E-state index is -0.476. The SMILES string of the molecule is COCC(=O)NCc1cc2cc(F)c(OCc3ccno3)cc2[nH]1. The summed E-state index contributed by atoms with van der Waals surface area (Å²) >= 11 is 0. The second kappa shape index (κ2) is 7.14. The number of nitrogens with one attached hydrogen (secondary N) is 2. The minimum absolute atomic E-state index is 0.00548. The summed E-state index contributed by atoms with van der Waals surface area (Å²) in [6, 6.07) is 6.36. The van der Waals surface area contributed by atoms with E-state index >= 15 is 0 Å². The molecule has 0 bridgehead atoms. The van der Waals surface area contributed by atoms with Crippen molar-refractivity contribution in [3.05, 3.63) is 47.7 Å². The molecule has 0 aliphatic carbocycles. The van der Waals surface area contributed by atoms with E-state index in [1.807, 2.05) is 0 Å². The molecule has 0 atom stereocenters. The third-order valence-corrected chi connectivity index (χ3v) is 3.34. The number of methoxy groups -OCH3 is 1. The highest BCUT2D eigenvalue weighted by atomic mass is 19.1. The molecule has 0 aliphatic heterocycles. The van der Waals surface area contributed by atoms with Crippen molar-refractivity contribution in [3.63, 3.8) is 0 Å². The van der Waals surface area contributed by atoms with Crippen LogP contribution in [0.3, 0.4) is 0 Å². The predicted molar refractivity (Wildman–Crippen MR) is 82.8 cm³/mol. The van der Waals surface area contributed by atoms with Crippen molar-refractivity contribution in [1.82, 2.24) is 15.5 Å². The lowest BCUT2D eigenvalue weighted by Crippen LogP contribution is -2.26. The molecule has 2 aromatic heterocycles. The van der Waals surface area contributed by atoms with Crippen LogP contribution in [0.15, 0.2) is 35.0 Å². The Morgan fingerprint density at radius 1 is 1.42 bits per heavy atom. The molecule has 0 unspecified atom stereocenters. The van der Waals surface area contributed by atoms with E-state index in [4.69, 9.17) is 14.0 Å². The van der Waals surface area contributed by atoms with Crippen LogP contribution in [0.25, 0.3) is 10.9 Å². The van der Waals surface area contributed by atoms with Crippen molar-refractivity contribution in [3.8, 4) is 5.75 Å². The Bertz CT molecular complexity index is 829. The van der Waals surface area contributed by atoms with Gasteiger partial charge in [0.05, 0.1) is 12.7 Å².